The zero-order valence-corrected chi connectivity index (χ0v) is 20.5. The number of amides is 2. The van der Waals surface area contributed by atoms with Gasteiger partial charge in [-0.3, -0.25) is 9.59 Å². The molecular formula is C26H29N3O5S. The number of anilines is 1. The Morgan fingerprint density at radius 3 is 2.29 bits per heavy atom. The molecule has 3 aromatic rings. The highest BCUT2D eigenvalue weighted by Gasteiger charge is 2.26. The predicted molar refractivity (Wildman–Crippen MR) is 136 cm³/mol. The standard InChI is InChI=1S/C26H29N3O5S/c1-17-22(26(32)34-14-13-33-2)25(35-23(17)24(27)31)29-21(30)16-28-20(19-11-7-4-8-12-19)15-18-9-5-3-6-10-18/h3-12,20,28H,13-16H2,1-2H3,(H2,27,31)(H,29,30)/t20-/m0/s1. The maximum Gasteiger partial charge on any atom is 0.341 e. The maximum absolute atomic E-state index is 12.9. The number of ether oxygens (including phenoxy) is 2. The predicted octanol–water partition coefficient (Wildman–Crippen LogP) is 3.47. The molecular weight excluding hydrogens is 466 g/mol. The third kappa shape index (κ3) is 7.22. The first-order valence-electron chi connectivity index (χ1n) is 11.1. The fourth-order valence-electron chi connectivity index (χ4n) is 3.60. The van der Waals surface area contributed by atoms with Crippen molar-refractivity contribution in [3.8, 4) is 0 Å². The van der Waals surface area contributed by atoms with Gasteiger partial charge in [-0.2, -0.15) is 0 Å². The first kappa shape index (κ1) is 26.1. The second kappa shape index (κ2) is 12.8. The van der Waals surface area contributed by atoms with Crippen LogP contribution in [0.15, 0.2) is 60.7 Å². The monoisotopic (exact) mass is 495 g/mol. The molecule has 0 bridgehead atoms. The number of esters is 1. The van der Waals surface area contributed by atoms with Crippen LogP contribution in [0.5, 0.6) is 0 Å². The summed E-state index contributed by atoms with van der Waals surface area (Å²) in [6.45, 7) is 1.87. The zero-order valence-electron chi connectivity index (χ0n) is 19.7. The summed E-state index contributed by atoms with van der Waals surface area (Å²) in [5, 5.41) is 6.28. The molecule has 4 N–H and O–H groups in total. The molecule has 1 heterocycles. The summed E-state index contributed by atoms with van der Waals surface area (Å²) in [7, 11) is 1.49. The topological polar surface area (TPSA) is 120 Å². The lowest BCUT2D eigenvalue weighted by Crippen LogP contribution is -2.32. The van der Waals surface area contributed by atoms with Gasteiger partial charge in [0.05, 0.1) is 23.6 Å². The molecule has 1 atom stereocenters. The molecule has 2 aromatic carbocycles. The largest absolute Gasteiger partial charge is 0.460 e. The van der Waals surface area contributed by atoms with Crippen molar-refractivity contribution in [2.24, 2.45) is 5.73 Å². The second-order valence-electron chi connectivity index (χ2n) is 7.84. The van der Waals surface area contributed by atoms with E-state index in [4.69, 9.17) is 15.2 Å². The summed E-state index contributed by atoms with van der Waals surface area (Å²) in [5.74, 6) is -1.69. The Balaban J connectivity index is 1.74. The van der Waals surface area contributed by atoms with Crippen LogP contribution in [0.4, 0.5) is 5.00 Å². The van der Waals surface area contributed by atoms with Crippen LogP contribution in [0.1, 0.15) is 42.8 Å². The number of primary amides is 1. The minimum absolute atomic E-state index is 0.00654. The molecule has 0 unspecified atom stereocenters. The summed E-state index contributed by atoms with van der Waals surface area (Å²) in [4.78, 5) is 37.5. The zero-order chi connectivity index (χ0) is 25.2. The van der Waals surface area contributed by atoms with Crippen LogP contribution in [-0.2, 0) is 20.7 Å². The Kier molecular flexibility index (Phi) is 9.54. The third-order valence-corrected chi connectivity index (χ3v) is 6.56. The SMILES string of the molecule is COCCOC(=O)c1c(NC(=O)CN[C@@H](Cc2ccccc2)c2ccccc2)sc(C(N)=O)c1C. The van der Waals surface area contributed by atoms with Crippen molar-refractivity contribution in [3.63, 3.8) is 0 Å². The highest BCUT2D eigenvalue weighted by molar-refractivity contribution is 7.18. The smallest absolute Gasteiger partial charge is 0.341 e. The van der Waals surface area contributed by atoms with Crippen LogP contribution in [0.2, 0.25) is 0 Å². The first-order chi connectivity index (χ1) is 16.9. The van der Waals surface area contributed by atoms with Gasteiger partial charge in [-0.25, -0.2) is 4.79 Å². The van der Waals surface area contributed by atoms with Gasteiger partial charge in [0.1, 0.15) is 11.6 Å². The summed E-state index contributed by atoms with van der Waals surface area (Å²) in [5.41, 5.74) is 8.14. The normalized spacial score (nSPS) is 11.6. The average molecular weight is 496 g/mol. The number of rotatable bonds is 12. The molecule has 1 aromatic heterocycles. The Morgan fingerprint density at radius 1 is 1.00 bits per heavy atom. The highest BCUT2D eigenvalue weighted by Crippen LogP contribution is 2.33. The Hall–Kier alpha value is -3.53. The molecule has 0 spiro atoms. The number of thiophene rings is 1. The van der Waals surface area contributed by atoms with E-state index in [9.17, 15) is 14.4 Å². The van der Waals surface area contributed by atoms with E-state index in [-0.39, 0.29) is 47.1 Å². The lowest BCUT2D eigenvalue weighted by atomic mass is 9.99. The lowest BCUT2D eigenvalue weighted by Gasteiger charge is -2.19. The van der Waals surface area contributed by atoms with Gasteiger partial charge in [-0.15, -0.1) is 11.3 Å². The molecule has 0 aliphatic rings. The number of methoxy groups -OCH3 is 1. The van der Waals surface area contributed by atoms with Crippen LogP contribution >= 0.6 is 11.3 Å². The van der Waals surface area contributed by atoms with E-state index in [0.29, 0.717) is 12.0 Å². The van der Waals surface area contributed by atoms with Gasteiger partial charge in [0.15, 0.2) is 0 Å². The summed E-state index contributed by atoms with van der Waals surface area (Å²) in [6.07, 6.45) is 0.694. The van der Waals surface area contributed by atoms with Crippen LogP contribution in [0.25, 0.3) is 0 Å². The van der Waals surface area contributed by atoms with Crippen molar-refractivity contribution in [3.05, 3.63) is 87.8 Å². The highest BCUT2D eigenvalue weighted by atomic mass is 32.1. The van der Waals surface area contributed by atoms with Gasteiger partial charge in [0.2, 0.25) is 5.91 Å². The number of hydrogen-bond donors (Lipinski definition) is 3. The Bertz CT molecular complexity index is 1150. The molecule has 0 saturated heterocycles. The van der Waals surface area contributed by atoms with E-state index in [2.05, 4.69) is 10.6 Å². The molecule has 9 heteroatoms. The summed E-state index contributed by atoms with van der Waals surface area (Å²) < 4.78 is 10.1. The van der Waals surface area contributed by atoms with Crippen LogP contribution < -0.4 is 16.4 Å². The van der Waals surface area contributed by atoms with Gasteiger partial charge in [0, 0.05) is 13.2 Å². The molecule has 0 aliphatic carbocycles. The Morgan fingerprint density at radius 2 is 1.66 bits per heavy atom. The van der Waals surface area contributed by atoms with Crippen LogP contribution in [0.3, 0.4) is 0 Å². The van der Waals surface area contributed by atoms with Crippen molar-refractivity contribution in [1.82, 2.24) is 5.32 Å². The molecule has 0 radical (unpaired) electrons. The second-order valence-corrected chi connectivity index (χ2v) is 8.86. The minimum atomic E-state index is -0.677. The molecule has 0 fully saturated rings. The van der Waals surface area contributed by atoms with Gasteiger partial charge >= 0.3 is 5.97 Å². The van der Waals surface area contributed by atoms with Crippen LogP contribution in [-0.4, -0.2) is 44.7 Å². The number of nitrogens with two attached hydrogens (primary N) is 1. The molecule has 0 saturated carbocycles. The number of hydrogen-bond acceptors (Lipinski definition) is 7. The number of nitrogens with one attached hydrogen (secondary N) is 2. The van der Waals surface area contributed by atoms with Crippen molar-refractivity contribution in [2.45, 2.75) is 19.4 Å². The van der Waals surface area contributed by atoms with Gasteiger partial charge in [0.25, 0.3) is 5.91 Å². The quantitative estimate of drug-likeness (QED) is 0.261. The van der Waals surface area contributed by atoms with Crippen molar-refractivity contribution in [1.29, 1.82) is 0 Å². The molecule has 2 amide bonds. The molecule has 0 aliphatic heterocycles. The third-order valence-electron chi connectivity index (χ3n) is 5.34. The van der Waals surface area contributed by atoms with Gasteiger partial charge < -0.3 is 25.8 Å². The fourth-order valence-corrected chi connectivity index (χ4v) is 4.67. The average Bonchev–Trinajstić information content (AvgIpc) is 3.18. The Labute approximate surface area is 208 Å². The minimum Gasteiger partial charge on any atom is -0.460 e. The van der Waals surface area contributed by atoms with Crippen molar-refractivity contribution < 1.29 is 23.9 Å². The first-order valence-corrected chi connectivity index (χ1v) is 11.9. The van der Waals surface area contributed by atoms with E-state index in [1.807, 2.05) is 60.7 Å². The number of benzene rings is 2. The fraction of sp³-hybridized carbons (Fsp3) is 0.269. The van der Waals surface area contributed by atoms with Crippen molar-refractivity contribution >= 4 is 34.1 Å². The van der Waals surface area contributed by atoms with E-state index in [1.165, 1.54) is 7.11 Å². The van der Waals surface area contributed by atoms with Gasteiger partial charge in [-0.05, 0) is 30.0 Å². The molecule has 184 valence electrons. The van der Waals surface area contributed by atoms with Gasteiger partial charge in [-0.1, -0.05) is 60.7 Å². The molecule has 8 nitrogen and oxygen atoms in total. The summed E-state index contributed by atoms with van der Waals surface area (Å²) >= 11 is 0.957. The van der Waals surface area contributed by atoms with E-state index in [0.717, 1.165) is 22.5 Å². The molecule has 3 rings (SSSR count). The van der Waals surface area contributed by atoms with Crippen molar-refractivity contribution in [2.75, 3.05) is 32.2 Å². The number of carbonyl (C=O) groups is 3. The number of carbonyl (C=O) groups excluding carboxylic acids is 3. The summed E-state index contributed by atoms with van der Waals surface area (Å²) in [6, 6.07) is 19.8. The lowest BCUT2D eigenvalue weighted by molar-refractivity contribution is -0.115. The molecule has 35 heavy (non-hydrogen) atoms. The van der Waals surface area contributed by atoms with Crippen LogP contribution in [0, 0.1) is 6.92 Å². The maximum atomic E-state index is 12.9. The van der Waals surface area contributed by atoms with E-state index in [1.54, 1.807) is 6.92 Å². The van der Waals surface area contributed by atoms with E-state index < -0.39 is 11.9 Å². The van der Waals surface area contributed by atoms with E-state index >= 15 is 0 Å².